The minimum atomic E-state index is -5.19. The van der Waals surface area contributed by atoms with Crippen molar-refractivity contribution in [3.8, 4) is 0 Å². The first-order valence-electron chi connectivity index (χ1n) is 12.6. The first-order valence-corrected chi connectivity index (χ1v) is 15.8. The highest BCUT2D eigenvalue weighted by atomic mass is 35.5. The molecule has 1 N–H and O–H groups in total. The van der Waals surface area contributed by atoms with E-state index < -0.39 is 69.4 Å². The smallest absolute Gasteiger partial charge is 0.282 e. The molecule has 18 heteroatoms. The summed E-state index contributed by atoms with van der Waals surface area (Å²) >= 11 is 5.79. The number of halogens is 4. The Labute approximate surface area is 265 Å². The summed E-state index contributed by atoms with van der Waals surface area (Å²) in [4.78, 5) is 19.0. The van der Waals surface area contributed by atoms with E-state index in [1.165, 1.54) is 54.6 Å². The summed E-state index contributed by atoms with van der Waals surface area (Å²) in [7, 11) is -9.02. The third kappa shape index (κ3) is 9.30. The summed E-state index contributed by atoms with van der Waals surface area (Å²) in [6.45, 7) is 1.68. The largest absolute Gasteiger partial charge is 0.418 e. The maximum atomic E-state index is 13.4. The van der Waals surface area contributed by atoms with Gasteiger partial charge in [0.2, 0.25) is 0 Å². The maximum Gasteiger partial charge on any atom is 0.418 e. The molecule has 0 aliphatic rings. The van der Waals surface area contributed by atoms with Gasteiger partial charge in [-0.3, -0.25) is 29.0 Å². The Hall–Kier alpha value is -4.42. The van der Waals surface area contributed by atoms with E-state index in [1.54, 1.807) is 12.1 Å². The molecule has 0 saturated carbocycles. The molecule has 46 heavy (non-hydrogen) atoms. The van der Waals surface area contributed by atoms with Crippen LogP contribution in [0.2, 0.25) is 5.02 Å². The first-order chi connectivity index (χ1) is 21.3. The van der Waals surface area contributed by atoms with E-state index in [0.29, 0.717) is 11.6 Å². The number of aryl methyl sites for hydroxylation is 1. The lowest BCUT2D eigenvalue weighted by atomic mass is 9.98. The molecular weight excluding hydrogens is 681 g/mol. The minimum Gasteiger partial charge on any atom is -0.282 e. The minimum absolute atomic E-state index is 0.0554. The van der Waals surface area contributed by atoms with Crippen LogP contribution < -0.4 is 0 Å². The molecule has 0 amide bonds. The molecule has 4 rings (SSSR count). The van der Waals surface area contributed by atoms with Gasteiger partial charge in [0.25, 0.3) is 31.6 Å². The van der Waals surface area contributed by atoms with Crippen LogP contribution >= 0.6 is 11.6 Å². The summed E-state index contributed by atoms with van der Waals surface area (Å²) in [5.41, 5.74) is -1.43. The molecule has 0 atom stereocenters. The molecule has 0 aliphatic heterocycles. The lowest BCUT2D eigenvalue weighted by molar-refractivity contribution is -0.385. The number of non-ortho nitro benzene ring substituents is 1. The van der Waals surface area contributed by atoms with E-state index in [2.05, 4.69) is 0 Å². The SMILES string of the molecule is Cc1ccc(S(=O)(=O)OCc2ccc([N+](=O)[O-])cc2)cc1.O=[N+]([O-])c1ccccc1Cc1c(Cl)ccc(S(=O)(=O)O)c1C(F)(F)F. The van der Waals surface area contributed by atoms with E-state index in [4.69, 9.17) is 20.3 Å². The van der Waals surface area contributed by atoms with Crippen LogP contribution in [0.25, 0.3) is 0 Å². The van der Waals surface area contributed by atoms with Gasteiger partial charge in [0.1, 0.15) is 4.90 Å². The van der Waals surface area contributed by atoms with Crippen LogP contribution in [0.3, 0.4) is 0 Å². The molecule has 0 saturated heterocycles. The van der Waals surface area contributed by atoms with Gasteiger partial charge in [-0.2, -0.15) is 30.0 Å². The molecule has 12 nitrogen and oxygen atoms in total. The van der Waals surface area contributed by atoms with Gasteiger partial charge in [0, 0.05) is 35.2 Å². The lowest BCUT2D eigenvalue weighted by Crippen LogP contribution is -2.17. The molecule has 244 valence electrons. The fourth-order valence-corrected chi connectivity index (χ4v) is 5.82. The fraction of sp³-hybridized carbons (Fsp3) is 0.143. The van der Waals surface area contributed by atoms with E-state index in [1.807, 2.05) is 6.92 Å². The van der Waals surface area contributed by atoms with Crippen LogP contribution in [0.1, 0.15) is 27.8 Å². The number of para-hydroxylation sites is 1. The summed E-state index contributed by atoms with van der Waals surface area (Å²) in [5.74, 6) is 0. The van der Waals surface area contributed by atoms with Crippen molar-refractivity contribution in [1.82, 2.24) is 0 Å². The number of hydrogen-bond acceptors (Lipinski definition) is 9. The van der Waals surface area contributed by atoms with Crippen LogP contribution in [0.5, 0.6) is 0 Å². The van der Waals surface area contributed by atoms with E-state index >= 15 is 0 Å². The Bertz CT molecular complexity index is 1970. The molecule has 0 radical (unpaired) electrons. The highest BCUT2D eigenvalue weighted by Crippen LogP contribution is 2.41. The second kappa shape index (κ2) is 14.3. The van der Waals surface area contributed by atoms with Crippen molar-refractivity contribution in [1.29, 1.82) is 0 Å². The Balaban J connectivity index is 0.000000254. The zero-order valence-corrected chi connectivity index (χ0v) is 25.7. The van der Waals surface area contributed by atoms with Gasteiger partial charge in [-0.15, -0.1) is 0 Å². The first kappa shape index (κ1) is 36.1. The van der Waals surface area contributed by atoms with Crippen LogP contribution in [0, 0.1) is 27.2 Å². The Morgan fingerprint density at radius 1 is 0.848 bits per heavy atom. The van der Waals surface area contributed by atoms with E-state index in [0.717, 1.165) is 17.7 Å². The summed E-state index contributed by atoms with van der Waals surface area (Å²) in [6, 6.07) is 18.3. The molecule has 4 aromatic carbocycles. The zero-order valence-electron chi connectivity index (χ0n) is 23.3. The standard InChI is InChI=1S/C14H9ClF3NO5S.C14H13NO5S/c15-10-5-6-12(25(22,23)24)13(14(16,17)18)9(10)7-8-3-1-2-4-11(8)19(20)21;1-11-2-8-14(9-3-11)21(18,19)20-10-12-4-6-13(7-5-12)15(16)17/h1-6H,7H2,(H,22,23,24);2-9H,10H2,1H3. The predicted octanol–water partition coefficient (Wildman–Crippen LogP) is 6.91. The van der Waals surface area contributed by atoms with Crippen molar-refractivity contribution in [2.24, 2.45) is 0 Å². The zero-order chi connectivity index (χ0) is 34.4. The highest BCUT2D eigenvalue weighted by Gasteiger charge is 2.40. The highest BCUT2D eigenvalue weighted by molar-refractivity contribution is 7.86. The summed E-state index contributed by atoms with van der Waals surface area (Å²) in [5, 5.41) is 21.1. The van der Waals surface area contributed by atoms with Gasteiger partial charge >= 0.3 is 6.18 Å². The van der Waals surface area contributed by atoms with Gasteiger partial charge < -0.3 is 0 Å². The second-order valence-electron chi connectivity index (χ2n) is 9.39. The van der Waals surface area contributed by atoms with Crippen molar-refractivity contribution < 1.29 is 48.6 Å². The Kier molecular flexibility index (Phi) is 11.2. The number of nitrogens with zero attached hydrogens (tertiary/aromatic N) is 2. The monoisotopic (exact) mass is 702 g/mol. The third-order valence-corrected chi connectivity index (χ3v) is 8.70. The fourth-order valence-electron chi connectivity index (χ4n) is 3.96. The molecule has 0 aliphatic carbocycles. The van der Waals surface area contributed by atoms with E-state index in [-0.39, 0.29) is 22.8 Å². The van der Waals surface area contributed by atoms with Crippen LogP contribution in [0.4, 0.5) is 24.5 Å². The molecule has 0 bridgehead atoms. The average molecular weight is 703 g/mol. The Morgan fingerprint density at radius 2 is 1.43 bits per heavy atom. The molecule has 0 heterocycles. The molecule has 0 spiro atoms. The molecule has 0 unspecified atom stereocenters. The van der Waals surface area contributed by atoms with Gasteiger partial charge in [-0.1, -0.05) is 47.5 Å². The van der Waals surface area contributed by atoms with Crippen LogP contribution in [0.15, 0.2) is 94.7 Å². The predicted molar refractivity (Wildman–Crippen MR) is 158 cm³/mol. The number of nitro groups is 2. The molecule has 0 fully saturated rings. The topological polar surface area (TPSA) is 184 Å². The van der Waals surface area contributed by atoms with Crippen LogP contribution in [-0.4, -0.2) is 31.2 Å². The number of hydrogen-bond donors (Lipinski definition) is 1. The van der Waals surface area contributed by atoms with Gasteiger partial charge in [0.15, 0.2) is 0 Å². The summed E-state index contributed by atoms with van der Waals surface area (Å²) < 4.78 is 101. The van der Waals surface area contributed by atoms with Crippen molar-refractivity contribution in [2.75, 3.05) is 0 Å². The normalized spacial score (nSPS) is 11.8. The second-order valence-corrected chi connectivity index (χ2v) is 12.8. The van der Waals surface area contributed by atoms with Crippen molar-refractivity contribution >= 4 is 43.2 Å². The molecule has 0 aromatic heterocycles. The van der Waals surface area contributed by atoms with E-state index in [9.17, 15) is 50.2 Å². The molecule has 4 aromatic rings. The van der Waals surface area contributed by atoms with Gasteiger partial charge in [-0.05, 0) is 54.4 Å². The molecular formula is C28H22ClF3N2O10S2. The van der Waals surface area contributed by atoms with Crippen molar-refractivity contribution in [3.63, 3.8) is 0 Å². The van der Waals surface area contributed by atoms with Crippen LogP contribution in [-0.2, 0) is 43.6 Å². The number of nitro benzene ring substituents is 2. The third-order valence-electron chi connectivity index (χ3n) is 6.17. The van der Waals surface area contributed by atoms with Gasteiger partial charge in [-0.25, -0.2) is 0 Å². The average Bonchev–Trinajstić information content (AvgIpc) is 2.97. The van der Waals surface area contributed by atoms with Crippen molar-refractivity contribution in [3.05, 3.63) is 138 Å². The quantitative estimate of drug-likeness (QED) is 0.0831. The summed E-state index contributed by atoms with van der Waals surface area (Å²) in [6.07, 6.45) is -5.80. The number of benzene rings is 4. The van der Waals surface area contributed by atoms with Gasteiger partial charge in [0.05, 0.1) is 26.9 Å². The van der Waals surface area contributed by atoms with Crippen molar-refractivity contribution in [2.45, 2.75) is 35.9 Å². The maximum absolute atomic E-state index is 13.4. The number of rotatable bonds is 9. The Morgan fingerprint density at radius 3 is 1.96 bits per heavy atom. The number of alkyl halides is 3. The lowest BCUT2D eigenvalue weighted by Gasteiger charge is -2.17.